The first-order valence-corrected chi connectivity index (χ1v) is 4.97. The van der Waals surface area contributed by atoms with E-state index in [1.165, 1.54) is 7.11 Å². The zero-order valence-electron chi connectivity index (χ0n) is 8.25. The fourth-order valence-corrected chi connectivity index (χ4v) is 1.67. The summed E-state index contributed by atoms with van der Waals surface area (Å²) in [5.41, 5.74) is 0. The van der Waals surface area contributed by atoms with Crippen LogP contribution in [0.15, 0.2) is 0 Å². The molecule has 0 bridgehead atoms. The Balaban J connectivity index is 2.01. The van der Waals surface area contributed by atoms with Crippen LogP contribution in [0.2, 0.25) is 0 Å². The number of carbonyl (C=O) groups is 1. The highest BCUT2D eigenvalue weighted by Crippen LogP contribution is 2.20. The van der Waals surface area contributed by atoms with E-state index < -0.39 is 0 Å². The predicted molar refractivity (Wildman–Crippen MR) is 49.4 cm³/mol. The van der Waals surface area contributed by atoms with Gasteiger partial charge >= 0.3 is 5.97 Å². The average Bonchev–Trinajstić information content (AvgIpc) is 2.19. The Kier molecular flexibility index (Phi) is 4.83. The Hall–Kier alpha value is -0.570. The predicted octanol–water partition coefficient (Wildman–Crippen LogP) is 1.76. The molecule has 0 aromatic heterocycles. The molecule has 0 amide bonds. The monoisotopic (exact) mass is 186 g/mol. The van der Waals surface area contributed by atoms with Crippen LogP contribution in [0.5, 0.6) is 0 Å². The second kappa shape index (κ2) is 5.97. The summed E-state index contributed by atoms with van der Waals surface area (Å²) >= 11 is 0. The van der Waals surface area contributed by atoms with Crippen LogP contribution in [0.25, 0.3) is 0 Å². The van der Waals surface area contributed by atoms with Gasteiger partial charge in [0, 0.05) is 19.6 Å². The SMILES string of the molecule is COC(=O)CCCC1CCOCC1. The van der Waals surface area contributed by atoms with Crippen LogP contribution in [0, 0.1) is 5.92 Å². The van der Waals surface area contributed by atoms with Gasteiger partial charge < -0.3 is 9.47 Å². The molecule has 0 saturated carbocycles. The lowest BCUT2D eigenvalue weighted by Gasteiger charge is -2.21. The maximum Gasteiger partial charge on any atom is 0.305 e. The number of hydrogen-bond donors (Lipinski definition) is 0. The molecule has 76 valence electrons. The number of esters is 1. The minimum Gasteiger partial charge on any atom is -0.469 e. The van der Waals surface area contributed by atoms with Crippen molar-refractivity contribution in [1.82, 2.24) is 0 Å². The van der Waals surface area contributed by atoms with E-state index in [1.807, 2.05) is 0 Å². The zero-order valence-corrected chi connectivity index (χ0v) is 8.25. The van der Waals surface area contributed by atoms with E-state index in [9.17, 15) is 4.79 Å². The van der Waals surface area contributed by atoms with Gasteiger partial charge in [0.25, 0.3) is 0 Å². The van der Waals surface area contributed by atoms with E-state index in [0.29, 0.717) is 6.42 Å². The first-order valence-electron chi connectivity index (χ1n) is 4.97. The van der Waals surface area contributed by atoms with Crippen molar-refractivity contribution in [3.8, 4) is 0 Å². The van der Waals surface area contributed by atoms with Gasteiger partial charge in [-0.25, -0.2) is 0 Å². The summed E-state index contributed by atoms with van der Waals surface area (Å²) in [5.74, 6) is 0.672. The number of carbonyl (C=O) groups excluding carboxylic acids is 1. The van der Waals surface area contributed by atoms with E-state index in [0.717, 1.165) is 44.8 Å². The number of methoxy groups -OCH3 is 1. The quantitative estimate of drug-likeness (QED) is 0.627. The van der Waals surface area contributed by atoms with Crippen molar-refractivity contribution in [2.45, 2.75) is 32.1 Å². The van der Waals surface area contributed by atoms with Crippen LogP contribution in [0.1, 0.15) is 32.1 Å². The summed E-state index contributed by atoms with van der Waals surface area (Å²) in [6, 6.07) is 0. The third-order valence-corrected chi connectivity index (χ3v) is 2.56. The Morgan fingerprint density at radius 2 is 2.15 bits per heavy atom. The van der Waals surface area contributed by atoms with Crippen LogP contribution < -0.4 is 0 Å². The molecular weight excluding hydrogens is 168 g/mol. The van der Waals surface area contributed by atoms with Gasteiger partial charge in [-0.1, -0.05) is 0 Å². The van der Waals surface area contributed by atoms with Crippen LogP contribution >= 0.6 is 0 Å². The summed E-state index contributed by atoms with van der Waals surface area (Å²) in [4.78, 5) is 10.8. The molecule has 3 nitrogen and oxygen atoms in total. The molecule has 0 atom stereocenters. The second-order valence-corrected chi connectivity index (χ2v) is 3.52. The van der Waals surface area contributed by atoms with Gasteiger partial charge in [-0.05, 0) is 31.6 Å². The molecule has 0 unspecified atom stereocenters. The summed E-state index contributed by atoms with van der Waals surface area (Å²) in [6.45, 7) is 1.78. The van der Waals surface area contributed by atoms with Crippen LogP contribution in [0.4, 0.5) is 0 Å². The van der Waals surface area contributed by atoms with Gasteiger partial charge in [-0.2, -0.15) is 0 Å². The van der Waals surface area contributed by atoms with Crippen molar-refractivity contribution < 1.29 is 14.3 Å². The van der Waals surface area contributed by atoms with Gasteiger partial charge in [0.1, 0.15) is 0 Å². The number of hydrogen-bond acceptors (Lipinski definition) is 3. The van der Waals surface area contributed by atoms with Crippen LogP contribution in [0.3, 0.4) is 0 Å². The molecule has 0 N–H and O–H groups in total. The van der Waals surface area contributed by atoms with E-state index in [4.69, 9.17) is 4.74 Å². The maximum atomic E-state index is 10.8. The lowest BCUT2D eigenvalue weighted by Crippen LogP contribution is -2.15. The van der Waals surface area contributed by atoms with Gasteiger partial charge in [0.05, 0.1) is 7.11 Å². The molecule has 1 fully saturated rings. The summed E-state index contributed by atoms with van der Waals surface area (Å²) < 4.78 is 9.83. The molecular formula is C10H18O3. The van der Waals surface area contributed by atoms with Gasteiger partial charge in [0.2, 0.25) is 0 Å². The van der Waals surface area contributed by atoms with Gasteiger partial charge in [-0.3, -0.25) is 4.79 Å². The molecule has 0 aromatic carbocycles. The highest BCUT2D eigenvalue weighted by molar-refractivity contribution is 5.68. The minimum absolute atomic E-state index is 0.0907. The molecule has 1 rings (SSSR count). The van der Waals surface area contributed by atoms with Crippen molar-refractivity contribution in [3.05, 3.63) is 0 Å². The molecule has 0 spiro atoms. The Morgan fingerprint density at radius 3 is 2.77 bits per heavy atom. The molecule has 0 radical (unpaired) electrons. The van der Waals surface area contributed by atoms with Crippen molar-refractivity contribution in [3.63, 3.8) is 0 Å². The first-order chi connectivity index (χ1) is 6.33. The molecule has 13 heavy (non-hydrogen) atoms. The number of ether oxygens (including phenoxy) is 2. The highest BCUT2D eigenvalue weighted by atomic mass is 16.5. The molecule has 0 aromatic rings. The molecule has 1 saturated heterocycles. The molecule has 1 aliphatic heterocycles. The highest BCUT2D eigenvalue weighted by Gasteiger charge is 2.13. The standard InChI is InChI=1S/C10H18O3/c1-12-10(11)4-2-3-9-5-7-13-8-6-9/h9H,2-8H2,1H3. The third-order valence-electron chi connectivity index (χ3n) is 2.56. The van der Waals surface area contributed by atoms with Crippen molar-refractivity contribution >= 4 is 5.97 Å². The van der Waals surface area contributed by atoms with Gasteiger partial charge in [0.15, 0.2) is 0 Å². The Labute approximate surface area is 79.4 Å². The lowest BCUT2D eigenvalue weighted by molar-refractivity contribution is -0.140. The van der Waals surface area contributed by atoms with Crippen molar-refractivity contribution in [1.29, 1.82) is 0 Å². The van der Waals surface area contributed by atoms with E-state index >= 15 is 0 Å². The molecule has 1 heterocycles. The molecule has 3 heteroatoms. The first kappa shape index (κ1) is 10.5. The zero-order chi connectivity index (χ0) is 9.52. The Bertz CT molecular complexity index is 150. The largest absolute Gasteiger partial charge is 0.469 e. The van der Waals surface area contributed by atoms with Crippen molar-refractivity contribution in [2.75, 3.05) is 20.3 Å². The van der Waals surface area contributed by atoms with E-state index in [1.54, 1.807) is 0 Å². The smallest absolute Gasteiger partial charge is 0.305 e. The van der Waals surface area contributed by atoms with E-state index in [2.05, 4.69) is 4.74 Å². The molecule has 1 aliphatic rings. The Morgan fingerprint density at radius 1 is 1.46 bits per heavy atom. The third kappa shape index (κ3) is 4.27. The average molecular weight is 186 g/mol. The van der Waals surface area contributed by atoms with Gasteiger partial charge in [-0.15, -0.1) is 0 Å². The maximum absolute atomic E-state index is 10.8. The lowest BCUT2D eigenvalue weighted by atomic mass is 9.94. The van der Waals surface area contributed by atoms with Crippen LogP contribution in [-0.4, -0.2) is 26.3 Å². The molecule has 0 aliphatic carbocycles. The minimum atomic E-state index is -0.0907. The summed E-state index contributed by atoms with van der Waals surface area (Å²) in [7, 11) is 1.44. The number of rotatable bonds is 4. The normalized spacial score (nSPS) is 18.5. The topological polar surface area (TPSA) is 35.5 Å². The van der Waals surface area contributed by atoms with Crippen molar-refractivity contribution in [2.24, 2.45) is 5.92 Å². The summed E-state index contributed by atoms with van der Waals surface area (Å²) in [5, 5.41) is 0. The second-order valence-electron chi connectivity index (χ2n) is 3.52. The summed E-state index contributed by atoms with van der Waals surface area (Å²) in [6.07, 6.45) is 4.96. The van der Waals surface area contributed by atoms with Crippen LogP contribution in [-0.2, 0) is 14.3 Å². The fourth-order valence-electron chi connectivity index (χ4n) is 1.67. The van der Waals surface area contributed by atoms with E-state index in [-0.39, 0.29) is 5.97 Å². The fraction of sp³-hybridized carbons (Fsp3) is 0.900.